The van der Waals surface area contributed by atoms with Crippen LogP contribution in [-0.2, 0) is 9.84 Å². The molecule has 0 spiro atoms. The number of halogens is 1. The highest BCUT2D eigenvalue weighted by molar-refractivity contribution is 9.09. The lowest BCUT2D eigenvalue weighted by molar-refractivity contribution is 0.516. The lowest BCUT2D eigenvalue weighted by Crippen LogP contribution is -2.10. The predicted molar refractivity (Wildman–Crippen MR) is 61.1 cm³/mol. The van der Waals surface area contributed by atoms with Crippen molar-refractivity contribution in [3.05, 3.63) is 0 Å². The zero-order chi connectivity index (χ0) is 10.3. The third-order valence-electron chi connectivity index (χ3n) is 2.30. The molecule has 0 N–H and O–H groups in total. The van der Waals surface area contributed by atoms with Crippen LogP contribution in [0.25, 0.3) is 0 Å². The third kappa shape index (κ3) is 6.49. The Hall–Kier alpha value is 0.430. The van der Waals surface area contributed by atoms with E-state index in [1.54, 1.807) is 6.92 Å². The second-order valence-electron chi connectivity index (χ2n) is 3.31. The maximum absolute atomic E-state index is 11.1. The Kier molecular flexibility index (Phi) is 7.05. The van der Waals surface area contributed by atoms with E-state index in [1.807, 2.05) is 0 Å². The molecule has 13 heavy (non-hydrogen) atoms. The number of sulfone groups is 1. The van der Waals surface area contributed by atoms with E-state index < -0.39 is 9.84 Å². The first-order chi connectivity index (χ1) is 6.05. The topological polar surface area (TPSA) is 34.1 Å². The molecule has 0 aliphatic carbocycles. The Balaban J connectivity index is 3.67. The molecule has 0 saturated carbocycles. The highest BCUT2D eigenvalue weighted by atomic mass is 79.9. The van der Waals surface area contributed by atoms with Crippen molar-refractivity contribution < 1.29 is 8.42 Å². The van der Waals surface area contributed by atoms with Crippen molar-refractivity contribution in [2.75, 3.05) is 16.8 Å². The summed E-state index contributed by atoms with van der Waals surface area (Å²) in [6.45, 7) is 3.84. The van der Waals surface area contributed by atoms with Crippen molar-refractivity contribution in [1.82, 2.24) is 0 Å². The first kappa shape index (κ1) is 13.4. The average Bonchev–Trinajstić information content (AvgIpc) is 2.12. The quantitative estimate of drug-likeness (QED) is 0.667. The van der Waals surface area contributed by atoms with E-state index in [2.05, 4.69) is 22.9 Å². The molecule has 0 amide bonds. The van der Waals surface area contributed by atoms with Crippen LogP contribution in [0.5, 0.6) is 0 Å². The number of alkyl halides is 1. The molecule has 0 aromatic carbocycles. The summed E-state index contributed by atoms with van der Waals surface area (Å²) < 4.78 is 22.3. The van der Waals surface area contributed by atoms with E-state index in [0.29, 0.717) is 11.7 Å². The van der Waals surface area contributed by atoms with E-state index in [-0.39, 0.29) is 5.75 Å². The van der Waals surface area contributed by atoms with Crippen LogP contribution in [0.15, 0.2) is 0 Å². The van der Waals surface area contributed by atoms with Crippen molar-refractivity contribution in [2.24, 2.45) is 5.92 Å². The molecule has 0 aromatic rings. The summed E-state index contributed by atoms with van der Waals surface area (Å²) in [5.41, 5.74) is 0. The average molecular weight is 271 g/mol. The Labute approximate surface area is 90.2 Å². The summed E-state index contributed by atoms with van der Waals surface area (Å²) in [4.78, 5) is 0. The molecule has 0 heterocycles. The van der Waals surface area contributed by atoms with E-state index in [4.69, 9.17) is 0 Å². The van der Waals surface area contributed by atoms with E-state index in [9.17, 15) is 8.42 Å². The summed E-state index contributed by atoms with van der Waals surface area (Å²) >= 11 is 3.42. The molecule has 0 bridgehead atoms. The molecule has 0 aliphatic heterocycles. The molecule has 0 radical (unpaired) electrons. The van der Waals surface area contributed by atoms with Gasteiger partial charge in [-0.25, -0.2) is 8.42 Å². The van der Waals surface area contributed by atoms with Crippen LogP contribution < -0.4 is 0 Å². The largest absolute Gasteiger partial charge is 0.229 e. The zero-order valence-corrected chi connectivity index (χ0v) is 10.8. The first-order valence-corrected chi connectivity index (χ1v) is 7.76. The molecule has 1 atom stereocenters. The molecule has 0 fully saturated rings. The minimum Gasteiger partial charge on any atom is -0.229 e. The molecular weight excluding hydrogens is 252 g/mol. The second kappa shape index (κ2) is 6.82. The normalized spacial score (nSPS) is 14.4. The Morgan fingerprint density at radius 3 is 2.31 bits per heavy atom. The standard InChI is InChI=1S/C9H19BrO2S/c1-3-9(8-10)6-5-7-13(11,12)4-2/h9H,3-8H2,1-2H3. The van der Waals surface area contributed by atoms with Gasteiger partial charge in [-0.2, -0.15) is 0 Å². The molecule has 0 aliphatic rings. The maximum atomic E-state index is 11.1. The fraction of sp³-hybridized carbons (Fsp3) is 1.00. The van der Waals surface area contributed by atoms with Crippen molar-refractivity contribution in [3.63, 3.8) is 0 Å². The van der Waals surface area contributed by atoms with E-state index in [1.165, 1.54) is 0 Å². The number of hydrogen-bond donors (Lipinski definition) is 0. The van der Waals surface area contributed by atoms with Gasteiger partial charge < -0.3 is 0 Å². The minimum absolute atomic E-state index is 0.276. The van der Waals surface area contributed by atoms with Crippen LogP contribution >= 0.6 is 15.9 Å². The van der Waals surface area contributed by atoms with Crippen LogP contribution in [-0.4, -0.2) is 25.3 Å². The summed E-state index contributed by atoms with van der Waals surface area (Å²) in [5, 5.41) is 0.982. The van der Waals surface area contributed by atoms with Crippen molar-refractivity contribution in [3.8, 4) is 0 Å². The molecule has 1 unspecified atom stereocenters. The van der Waals surface area contributed by atoms with Gasteiger partial charge in [0.05, 0.1) is 5.75 Å². The van der Waals surface area contributed by atoms with Gasteiger partial charge in [-0.05, 0) is 18.8 Å². The third-order valence-corrected chi connectivity index (χ3v) is 5.01. The molecule has 0 rings (SSSR count). The van der Waals surface area contributed by atoms with Gasteiger partial charge in [0.15, 0.2) is 0 Å². The first-order valence-electron chi connectivity index (χ1n) is 4.82. The van der Waals surface area contributed by atoms with Gasteiger partial charge in [0.25, 0.3) is 0 Å². The van der Waals surface area contributed by atoms with E-state index >= 15 is 0 Å². The molecule has 4 heteroatoms. The van der Waals surface area contributed by atoms with Crippen molar-refractivity contribution in [1.29, 1.82) is 0 Å². The molecule has 0 aromatic heterocycles. The van der Waals surface area contributed by atoms with Gasteiger partial charge in [-0.3, -0.25) is 0 Å². The van der Waals surface area contributed by atoms with Gasteiger partial charge in [-0.15, -0.1) is 0 Å². The Morgan fingerprint density at radius 1 is 1.31 bits per heavy atom. The molecule has 2 nitrogen and oxygen atoms in total. The van der Waals surface area contributed by atoms with Crippen LogP contribution in [0.1, 0.15) is 33.1 Å². The lowest BCUT2D eigenvalue weighted by atomic mass is 10.0. The minimum atomic E-state index is -2.75. The Bertz CT molecular complexity index is 208. The van der Waals surface area contributed by atoms with E-state index in [0.717, 1.165) is 24.6 Å². The molecule has 80 valence electrons. The van der Waals surface area contributed by atoms with Crippen LogP contribution in [0.4, 0.5) is 0 Å². The van der Waals surface area contributed by atoms with Gasteiger partial charge in [-0.1, -0.05) is 36.2 Å². The van der Waals surface area contributed by atoms with Gasteiger partial charge >= 0.3 is 0 Å². The summed E-state index contributed by atoms with van der Waals surface area (Å²) in [6, 6.07) is 0. The number of rotatable bonds is 7. The van der Waals surface area contributed by atoms with Gasteiger partial charge in [0.2, 0.25) is 0 Å². The second-order valence-corrected chi connectivity index (χ2v) is 6.43. The fourth-order valence-electron chi connectivity index (χ4n) is 1.13. The summed E-state index contributed by atoms with van der Waals surface area (Å²) in [5.74, 6) is 1.26. The Morgan fingerprint density at radius 2 is 1.92 bits per heavy atom. The zero-order valence-electron chi connectivity index (χ0n) is 8.42. The van der Waals surface area contributed by atoms with Crippen LogP contribution in [0.2, 0.25) is 0 Å². The SMILES string of the molecule is CCC(CBr)CCCS(=O)(=O)CC. The van der Waals surface area contributed by atoms with Gasteiger partial charge in [0.1, 0.15) is 9.84 Å². The van der Waals surface area contributed by atoms with Crippen LogP contribution in [0.3, 0.4) is 0 Å². The van der Waals surface area contributed by atoms with Gasteiger partial charge in [0, 0.05) is 11.1 Å². The highest BCUT2D eigenvalue weighted by Gasteiger charge is 2.09. The van der Waals surface area contributed by atoms with Crippen molar-refractivity contribution >= 4 is 25.8 Å². The lowest BCUT2D eigenvalue weighted by Gasteiger charge is -2.10. The summed E-state index contributed by atoms with van der Waals surface area (Å²) in [6.07, 6.45) is 2.94. The fourth-order valence-corrected chi connectivity index (χ4v) is 2.80. The monoisotopic (exact) mass is 270 g/mol. The number of hydrogen-bond acceptors (Lipinski definition) is 2. The highest BCUT2D eigenvalue weighted by Crippen LogP contribution is 2.14. The molecular formula is C9H19BrO2S. The van der Waals surface area contributed by atoms with Crippen LogP contribution in [0, 0.1) is 5.92 Å². The predicted octanol–water partition coefficient (Wildman–Crippen LogP) is 2.62. The van der Waals surface area contributed by atoms with Crippen molar-refractivity contribution in [2.45, 2.75) is 33.1 Å². The summed E-state index contributed by atoms with van der Waals surface area (Å²) in [7, 11) is -2.75. The smallest absolute Gasteiger partial charge is 0.150 e. The maximum Gasteiger partial charge on any atom is 0.150 e. The molecule has 0 saturated heterocycles.